The van der Waals surface area contributed by atoms with Crippen LogP contribution in [0.4, 0.5) is 0 Å². The fraction of sp³-hybridized carbons (Fsp3) is 0.500. The molecule has 2 aromatic heterocycles. The van der Waals surface area contributed by atoms with E-state index < -0.39 is 6.10 Å². The maximum Gasteiger partial charge on any atom is 0.119 e. The number of thioether (sulfide) groups is 1. The van der Waals surface area contributed by atoms with Crippen LogP contribution in [0.3, 0.4) is 0 Å². The third kappa shape index (κ3) is 6.44. The summed E-state index contributed by atoms with van der Waals surface area (Å²) >= 11 is 1.81. The zero-order valence-electron chi connectivity index (χ0n) is 19.7. The van der Waals surface area contributed by atoms with Crippen molar-refractivity contribution in [3.63, 3.8) is 0 Å². The van der Waals surface area contributed by atoms with Crippen LogP contribution < -0.4 is 4.74 Å². The van der Waals surface area contributed by atoms with Crippen molar-refractivity contribution < 1.29 is 14.9 Å². The first-order valence-electron chi connectivity index (χ1n) is 12.0. The molecule has 34 heavy (non-hydrogen) atoms. The second-order valence-electron chi connectivity index (χ2n) is 8.95. The van der Waals surface area contributed by atoms with Gasteiger partial charge in [0, 0.05) is 29.6 Å². The van der Waals surface area contributed by atoms with Gasteiger partial charge in [0.05, 0.1) is 31.1 Å². The number of pyridine rings is 1. The van der Waals surface area contributed by atoms with Gasteiger partial charge in [-0.05, 0) is 92.3 Å². The molecule has 1 aliphatic rings. The van der Waals surface area contributed by atoms with Gasteiger partial charge in [-0.1, -0.05) is 0 Å². The molecule has 0 spiro atoms. The van der Waals surface area contributed by atoms with Gasteiger partial charge < -0.3 is 19.8 Å². The molecule has 0 amide bonds. The van der Waals surface area contributed by atoms with Crippen LogP contribution in [0, 0.1) is 11.8 Å². The Morgan fingerprint density at radius 3 is 2.88 bits per heavy atom. The minimum absolute atomic E-state index is 0.198. The molecule has 0 unspecified atom stereocenters. The zero-order valence-corrected chi connectivity index (χ0v) is 20.5. The largest absolute Gasteiger partial charge is 0.497 e. The highest BCUT2D eigenvalue weighted by Crippen LogP contribution is 2.33. The summed E-state index contributed by atoms with van der Waals surface area (Å²) in [6.07, 6.45) is 8.47. The predicted molar refractivity (Wildman–Crippen MR) is 135 cm³/mol. The van der Waals surface area contributed by atoms with Crippen molar-refractivity contribution >= 4 is 22.7 Å². The Labute approximate surface area is 205 Å². The van der Waals surface area contributed by atoms with Crippen molar-refractivity contribution in [2.75, 3.05) is 39.1 Å². The minimum atomic E-state index is -0.560. The number of hydrogen-bond donors (Lipinski definition) is 2. The second kappa shape index (κ2) is 12.4. The molecule has 3 atom stereocenters. The Bertz CT molecular complexity index is 1040. The van der Waals surface area contributed by atoms with Crippen LogP contribution in [0.25, 0.3) is 10.9 Å². The average molecular weight is 483 g/mol. The molecule has 1 saturated heterocycles. The van der Waals surface area contributed by atoms with E-state index in [1.165, 1.54) is 0 Å². The third-order valence-corrected chi connectivity index (χ3v) is 7.87. The van der Waals surface area contributed by atoms with Gasteiger partial charge in [0.1, 0.15) is 5.75 Å². The maximum absolute atomic E-state index is 11.0. The molecule has 0 saturated carbocycles. The Morgan fingerprint density at radius 2 is 2.09 bits per heavy atom. The van der Waals surface area contributed by atoms with E-state index >= 15 is 0 Å². The van der Waals surface area contributed by atoms with Crippen LogP contribution in [0.5, 0.6) is 5.75 Å². The summed E-state index contributed by atoms with van der Waals surface area (Å²) in [7, 11) is 1.65. The molecule has 2 N–H and O–H groups in total. The highest BCUT2D eigenvalue weighted by molar-refractivity contribution is 7.99. The van der Waals surface area contributed by atoms with E-state index in [1.54, 1.807) is 25.7 Å². The van der Waals surface area contributed by atoms with Crippen LogP contribution in [0.2, 0.25) is 0 Å². The van der Waals surface area contributed by atoms with E-state index in [4.69, 9.17) is 4.74 Å². The van der Waals surface area contributed by atoms with E-state index in [9.17, 15) is 10.2 Å². The molecule has 3 heterocycles. The first kappa shape index (κ1) is 24.9. The van der Waals surface area contributed by atoms with Gasteiger partial charge in [0.15, 0.2) is 0 Å². The van der Waals surface area contributed by atoms with Crippen molar-refractivity contribution in [3.8, 4) is 5.75 Å². The first-order valence-corrected chi connectivity index (χ1v) is 13.0. The molecule has 3 aromatic rings. The fourth-order valence-corrected chi connectivity index (χ4v) is 5.67. The summed E-state index contributed by atoms with van der Waals surface area (Å²) in [5.41, 5.74) is 1.75. The fourth-order valence-electron chi connectivity index (χ4n) is 4.88. The number of hydrogen-bond acceptors (Lipinski definition) is 8. The standard InChI is InChI=1S/C26H34N4O3S/c1-33-21-4-5-25-24(15-21)23(8-10-27-25)26(32)6-3-19-9-13-30(17-20(19)18-31)12-2-14-34-22-7-11-28-29-16-22/h4-5,7-8,10-11,15-16,19-20,26,31-32H,2-3,6,9,12-14,17-18H2,1H3/t19-,20-,26-/m1/s1. The molecule has 0 radical (unpaired) electrons. The molecule has 182 valence electrons. The summed E-state index contributed by atoms with van der Waals surface area (Å²) in [6, 6.07) is 9.65. The van der Waals surface area contributed by atoms with Gasteiger partial charge in [-0.3, -0.25) is 4.98 Å². The number of aliphatic hydroxyl groups is 2. The van der Waals surface area contributed by atoms with Gasteiger partial charge in [0.25, 0.3) is 0 Å². The minimum Gasteiger partial charge on any atom is -0.497 e. The monoisotopic (exact) mass is 482 g/mol. The quantitative estimate of drug-likeness (QED) is 0.313. The SMILES string of the molecule is COc1ccc2nccc([C@H](O)CC[C@@H]3CCN(CCCSc4ccnnc4)C[C@@H]3CO)c2c1. The number of likely N-dealkylation sites (tertiary alicyclic amines) is 1. The van der Waals surface area contributed by atoms with Gasteiger partial charge >= 0.3 is 0 Å². The number of fused-ring (bicyclic) bond motifs is 1. The first-order chi connectivity index (χ1) is 16.7. The number of benzene rings is 1. The molecular formula is C26H34N4O3S. The number of piperidine rings is 1. The summed E-state index contributed by atoms with van der Waals surface area (Å²) in [4.78, 5) is 8.05. The van der Waals surface area contributed by atoms with Gasteiger partial charge in [0.2, 0.25) is 0 Å². The number of methoxy groups -OCH3 is 1. The molecule has 0 bridgehead atoms. The van der Waals surface area contributed by atoms with Crippen LogP contribution in [-0.2, 0) is 0 Å². The highest BCUT2D eigenvalue weighted by Gasteiger charge is 2.29. The van der Waals surface area contributed by atoms with Gasteiger partial charge in [-0.2, -0.15) is 10.2 Å². The van der Waals surface area contributed by atoms with Crippen LogP contribution >= 0.6 is 11.8 Å². The molecule has 7 nitrogen and oxygen atoms in total. The molecule has 4 rings (SSSR count). The lowest BCUT2D eigenvalue weighted by Crippen LogP contribution is -2.42. The van der Waals surface area contributed by atoms with E-state index in [-0.39, 0.29) is 12.5 Å². The summed E-state index contributed by atoms with van der Waals surface area (Å²) in [6.45, 7) is 3.22. The van der Waals surface area contributed by atoms with Gasteiger partial charge in [-0.15, -0.1) is 11.8 Å². The van der Waals surface area contributed by atoms with E-state index in [2.05, 4.69) is 20.1 Å². The lowest BCUT2D eigenvalue weighted by atomic mass is 9.81. The Hall–Kier alpha value is -2.26. The topological polar surface area (TPSA) is 91.6 Å². The Kier molecular flexibility index (Phi) is 9.10. The van der Waals surface area contributed by atoms with E-state index in [0.717, 1.165) is 71.8 Å². The molecular weight excluding hydrogens is 448 g/mol. The number of aromatic nitrogens is 3. The maximum atomic E-state index is 11.0. The third-order valence-electron chi connectivity index (χ3n) is 6.81. The van der Waals surface area contributed by atoms with Crippen LogP contribution in [0.1, 0.15) is 37.4 Å². The van der Waals surface area contributed by atoms with Crippen molar-refractivity contribution in [3.05, 3.63) is 54.5 Å². The number of rotatable bonds is 11. The van der Waals surface area contributed by atoms with Crippen molar-refractivity contribution in [1.82, 2.24) is 20.1 Å². The van der Waals surface area contributed by atoms with E-state index in [1.807, 2.05) is 42.1 Å². The van der Waals surface area contributed by atoms with Crippen molar-refractivity contribution in [2.45, 2.75) is 36.7 Å². The van der Waals surface area contributed by atoms with Gasteiger partial charge in [-0.25, -0.2) is 0 Å². The average Bonchev–Trinajstić information content (AvgIpc) is 2.89. The highest BCUT2D eigenvalue weighted by atomic mass is 32.2. The molecule has 1 fully saturated rings. The summed E-state index contributed by atoms with van der Waals surface area (Å²) in [5.74, 6) is 2.49. The lowest BCUT2D eigenvalue weighted by Gasteiger charge is -2.38. The summed E-state index contributed by atoms with van der Waals surface area (Å²) in [5, 5.41) is 29.7. The molecule has 0 aliphatic carbocycles. The smallest absolute Gasteiger partial charge is 0.119 e. The number of nitrogens with zero attached hydrogens (tertiary/aromatic N) is 4. The molecule has 8 heteroatoms. The normalized spacial score (nSPS) is 19.9. The number of aliphatic hydroxyl groups excluding tert-OH is 2. The zero-order chi connectivity index (χ0) is 23.8. The predicted octanol–water partition coefficient (Wildman–Crippen LogP) is 3.96. The Morgan fingerprint density at radius 1 is 1.18 bits per heavy atom. The van der Waals surface area contributed by atoms with Crippen LogP contribution in [-0.4, -0.2) is 69.4 Å². The summed E-state index contributed by atoms with van der Waals surface area (Å²) < 4.78 is 5.36. The number of ether oxygens (including phenoxy) is 1. The van der Waals surface area contributed by atoms with E-state index in [0.29, 0.717) is 12.3 Å². The van der Waals surface area contributed by atoms with Crippen LogP contribution in [0.15, 0.2) is 53.8 Å². The Balaban J connectivity index is 1.26. The molecule has 1 aliphatic heterocycles. The van der Waals surface area contributed by atoms with Crippen molar-refractivity contribution in [1.29, 1.82) is 0 Å². The van der Waals surface area contributed by atoms with Crippen molar-refractivity contribution in [2.24, 2.45) is 11.8 Å². The second-order valence-corrected chi connectivity index (χ2v) is 10.1. The lowest BCUT2D eigenvalue weighted by molar-refractivity contribution is 0.0581. The molecule has 1 aromatic carbocycles.